The number of rotatable bonds is 0. The summed E-state index contributed by atoms with van der Waals surface area (Å²) in [5, 5.41) is 0. The molecule has 88 valence electrons. The molecule has 2 atom stereocenters. The summed E-state index contributed by atoms with van der Waals surface area (Å²) in [6.07, 6.45) is 0. The molecule has 2 unspecified atom stereocenters. The monoisotopic (exact) mass is 256 g/mol. The zero-order valence-electron chi connectivity index (χ0n) is 6.03. The summed E-state index contributed by atoms with van der Waals surface area (Å²) >= 11 is 0. The SMILES string of the molecule is O.O.O.O.O.O=S(=O)(O)O.P.P. The van der Waals surface area contributed by atoms with Gasteiger partial charge in [0.2, 0.25) is 0 Å². The zero-order chi connectivity index (χ0) is 4.50. The van der Waals surface area contributed by atoms with Crippen LogP contribution in [0.4, 0.5) is 0 Å². The summed E-state index contributed by atoms with van der Waals surface area (Å²) in [5.74, 6) is 0. The molecule has 0 aliphatic heterocycles. The molecular weight excluding hydrogens is 238 g/mol. The number of hydrogen-bond acceptors (Lipinski definition) is 2. The van der Waals surface area contributed by atoms with Gasteiger partial charge in [-0.2, -0.15) is 28.2 Å². The third kappa shape index (κ3) is 3400. The van der Waals surface area contributed by atoms with E-state index >= 15 is 0 Å². The molecule has 0 fully saturated rings. The largest absolute Gasteiger partial charge is 0.412 e. The van der Waals surface area contributed by atoms with Crippen LogP contribution in [0.25, 0.3) is 0 Å². The van der Waals surface area contributed by atoms with E-state index in [9.17, 15) is 0 Å². The van der Waals surface area contributed by atoms with Gasteiger partial charge in [-0.3, -0.25) is 9.11 Å². The van der Waals surface area contributed by atoms with E-state index in [1.807, 2.05) is 0 Å². The van der Waals surface area contributed by atoms with Crippen LogP contribution in [0.15, 0.2) is 0 Å². The van der Waals surface area contributed by atoms with Crippen LogP contribution in [0.5, 0.6) is 0 Å². The first-order chi connectivity index (χ1) is 2.00. The van der Waals surface area contributed by atoms with Crippen LogP contribution in [0.3, 0.4) is 0 Å². The van der Waals surface area contributed by atoms with Gasteiger partial charge in [-0.05, 0) is 0 Å². The molecule has 0 aromatic carbocycles. The Kier molecular flexibility index (Phi) is 203. The van der Waals surface area contributed by atoms with Crippen molar-refractivity contribution in [1.29, 1.82) is 0 Å². The van der Waals surface area contributed by atoms with Crippen LogP contribution >= 0.6 is 19.8 Å². The maximum atomic E-state index is 8.74. The molecule has 9 nitrogen and oxygen atoms in total. The summed E-state index contributed by atoms with van der Waals surface area (Å²) in [5.41, 5.74) is 0. The van der Waals surface area contributed by atoms with Gasteiger partial charge >= 0.3 is 10.4 Å². The molecule has 0 amide bonds. The molecule has 12 heavy (non-hydrogen) atoms. The minimum atomic E-state index is -4.67. The van der Waals surface area contributed by atoms with Crippen LogP contribution in [0, 0.1) is 0 Å². The lowest BCUT2D eigenvalue weighted by molar-refractivity contribution is 0.381. The molecule has 0 saturated heterocycles. The molecule has 0 heterocycles. The van der Waals surface area contributed by atoms with Crippen molar-refractivity contribution in [2.45, 2.75) is 0 Å². The predicted octanol–water partition coefficient (Wildman–Crippen LogP) is -4.66. The summed E-state index contributed by atoms with van der Waals surface area (Å²) in [6.45, 7) is 0. The molecular formula is H18O9P2S. The highest BCUT2D eigenvalue weighted by atomic mass is 32.3. The fourth-order valence-electron chi connectivity index (χ4n) is 0. The van der Waals surface area contributed by atoms with Gasteiger partial charge in [-0.1, -0.05) is 0 Å². The van der Waals surface area contributed by atoms with Crippen LogP contribution < -0.4 is 0 Å². The average Bonchev–Trinajstić information content (AvgIpc) is 0.722. The van der Waals surface area contributed by atoms with E-state index in [0.29, 0.717) is 0 Å². The van der Waals surface area contributed by atoms with E-state index in [2.05, 4.69) is 0 Å². The summed E-state index contributed by atoms with van der Waals surface area (Å²) in [7, 11) is -4.67. The highest BCUT2D eigenvalue weighted by Gasteiger charge is 1.84. The molecule has 0 aromatic rings. The third-order valence-corrected chi connectivity index (χ3v) is 0. The smallest absolute Gasteiger partial charge is 0.394 e. The maximum absolute atomic E-state index is 8.74. The topological polar surface area (TPSA) is 232 Å². The van der Waals surface area contributed by atoms with E-state index in [0.717, 1.165) is 0 Å². The van der Waals surface area contributed by atoms with Gasteiger partial charge in [0.25, 0.3) is 0 Å². The Labute approximate surface area is 75.9 Å². The molecule has 0 rings (SSSR count). The molecule has 12 N–H and O–H groups in total. The van der Waals surface area contributed by atoms with E-state index < -0.39 is 10.4 Å². The van der Waals surface area contributed by atoms with E-state index in [1.165, 1.54) is 0 Å². The number of hydrogen-bond donors (Lipinski definition) is 2. The van der Waals surface area contributed by atoms with Gasteiger partial charge in [0, 0.05) is 0 Å². The van der Waals surface area contributed by atoms with Crippen LogP contribution in [0.2, 0.25) is 0 Å². The first kappa shape index (κ1) is 81.2. The second-order valence-corrected chi connectivity index (χ2v) is 1.34. The van der Waals surface area contributed by atoms with Gasteiger partial charge in [0.15, 0.2) is 0 Å². The standard InChI is InChI=1S/H2O4S.5H2O.2H3P/c1-5(2,3)4;;;;;;;/h(H2,1,2,3,4);5*1H2;2*1H3. The molecule has 0 saturated carbocycles. The second kappa shape index (κ2) is 30.0. The summed E-state index contributed by atoms with van der Waals surface area (Å²) in [6, 6.07) is 0. The summed E-state index contributed by atoms with van der Waals surface area (Å²) in [4.78, 5) is 0. The van der Waals surface area contributed by atoms with E-state index in [4.69, 9.17) is 17.5 Å². The highest BCUT2D eigenvalue weighted by molar-refractivity contribution is 7.79. The van der Waals surface area contributed by atoms with Crippen molar-refractivity contribution in [3.63, 3.8) is 0 Å². The maximum Gasteiger partial charge on any atom is 0.394 e. The van der Waals surface area contributed by atoms with Gasteiger partial charge in [0.05, 0.1) is 0 Å². The fraction of sp³-hybridized carbons (Fsp3) is 0. The first-order valence-electron chi connectivity index (χ1n) is 0.698. The van der Waals surface area contributed by atoms with Crippen molar-refractivity contribution in [3.05, 3.63) is 0 Å². The third-order valence-electron chi connectivity index (χ3n) is 0. The predicted molar refractivity (Wildman–Crippen MR) is 54.5 cm³/mol. The van der Waals surface area contributed by atoms with Gasteiger partial charge in [-0.15, -0.1) is 0 Å². The Morgan fingerprint density at radius 1 is 0.667 bits per heavy atom. The second-order valence-electron chi connectivity index (χ2n) is 0.448. The lowest BCUT2D eigenvalue weighted by Crippen LogP contribution is -1.89. The lowest BCUT2D eigenvalue weighted by atomic mass is 15.8. The van der Waals surface area contributed by atoms with Crippen LogP contribution in [-0.4, -0.2) is 44.9 Å². The Bertz CT molecular complexity index is 95.7. The van der Waals surface area contributed by atoms with Crippen molar-refractivity contribution >= 4 is 30.2 Å². The molecule has 0 aliphatic rings. The Morgan fingerprint density at radius 2 is 0.667 bits per heavy atom. The Morgan fingerprint density at radius 3 is 0.667 bits per heavy atom. The lowest BCUT2D eigenvalue weighted by Gasteiger charge is -1.68. The molecule has 0 spiro atoms. The van der Waals surface area contributed by atoms with Gasteiger partial charge < -0.3 is 27.4 Å². The minimum absolute atomic E-state index is 0. The van der Waals surface area contributed by atoms with Crippen molar-refractivity contribution in [2.24, 2.45) is 0 Å². The normalized spacial score (nSPS) is 4.83. The molecule has 0 aliphatic carbocycles. The molecule has 0 bridgehead atoms. The molecule has 0 radical (unpaired) electrons. The molecule has 12 heteroatoms. The molecule has 0 aromatic heterocycles. The van der Waals surface area contributed by atoms with Crippen LogP contribution in [-0.2, 0) is 10.4 Å². The fourth-order valence-corrected chi connectivity index (χ4v) is 0. The minimum Gasteiger partial charge on any atom is -0.412 e. The highest BCUT2D eigenvalue weighted by Crippen LogP contribution is 1.59. The van der Waals surface area contributed by atoms with E-state index in [-0.39, 0.29) is 47.2 Å². The summed E-state index contributed by atoms with van der Waals surface area (Å²) < 4.78 is 31.6. The van der Waals surface area contributed by atoms with Crippen molar-refractivity contribution in [1.82, 2.24) is 0 Å². The Hall–Kier alpha value is 0.530. The van der Waals surface area contributed by atoms with Gasteiger partial charge in [-0.25, -0.2) is 0 Å². The van der Waals surface area contributed by atoms with Crippen molar-refractivity contribution in [2.75, 3.05) is 0 Å². The average molecular weight is 256 g/mol. The Balaban J connectivity index is -0.00000000381. The van der Waals surface area contributed by atoms with Crippen LogP contribution in [0.1, 0.15) is 0 Å². The van der Waals surface area contributed by atoms with Crippen molar-refractivity contribution < 1.29 is 44.9 Å². The van der Waals surface area contributed by atoms with E-state index in [1.54, 1.807) is 0 Å². The van der Waals surface area contributed by atoms with Gasteiger partial charge in [0.1, 0.15) is 0 Å². The zero-order valence-corrected chi connectivity index (χ0v) is 9.68. The quantitative estimate of drug-likeness (QED) is 0.321. The van der Waals surface area contributed by atoms with Crippen molar-refractivity contribution in [3.8, 4) is 0 Å². The first-order valence-corrected chi connectivity index (χ1v) is 2.10.